The summed E-state index contributed by atoms with van der Waals surface area (Å²) >= 11 is 0. The fourth-order valence-corrected chi connectivity index (χ4v) is 1.75. The molecule has 4 heteroatoms. The van der Waals surface area contributed by atoms with Crippen LogP contribution in [-0.4, -0.2) is 28.8 Å². The molecule has 1 aromatic rings. The third kappa shape index (κ3) is 5.19. The van der Waals surface area contributed by atoms with Gasteiger partial charge in [-0.05, 0) is 36.1 Å². The third-order valence-corrected chi connectivity index (χ3v) is 2.52. The van der Waals surface area contributed by atoms with Gasteiger partial charge in [-0.15, -0.1) is 0 Å². The van der Waals surface area contributed by atoms with Crippen molar-refractivity contribution in [1.82, 2.24) is 0 Å². The first-order chi connectivity index (χ1) is 8.28. The van der Waals surface area contributed by atoms with E-state index in [0.29, 0.717) is 13.0 Å². The molecule has 0 aliphatic carbocycles. The molecule has 0 aromatic heterocycles. The van der Waals surface area contributed by atoms with E-state index in [1.807, 2.05) is 0 Å². The van der Waals surface area contributed by atoms with E-state index < -0.39 is 12.1 Å². The van der Waals surface area contributed by atoms with Crippen molar-refractivity contribution in [1.29, 1.82) is 0 Å². The van der Waals surface area contributed by atoms with Gasteiger partial charge in [0.1, 0.15) is 0 Å². The van der Waals surface area contributed by atoms with Gasteiger partial charge in [0.25, 0.3) is 0 Å². The number of benzene rings is 1. The number of nitrogens with one attached hydrogen (secondary N) is 1. The minimum absolute atomic E-state index is 0.0915. The zero-order valence-electron chi connectivity index (χ0n) is 11.1. The third-order valence-electron chi connectivity index (χ3n) is 2.52. The first kappa shape index (κ1) is 14.5. The number of aromatic carboxylic acids is 1. The van der Waals surface area contributed by atoms with Gasteiger partial charge in [-0.1, -0.05) is 20.8 Å². The smallest absolute Gasteiger partial charge is 0.335 e. The predicted octanol–water partition coefficient (Wildman–Crippen LogP) is 2.59. The summed E-state index contributed by atoms with van der Waals surface area (Å²) in [5, 5.41) is 21.7. The Morgan fingerprint density at radius 1 is 1.28 bits per heavy atom. The average molecular weight is 251 g/mol. The fourth-order valence-electron chi connectivity index (χ4n) is 1.75. The summed E-state index contributed by atoms with van der Waals surface area (Å²) in [5.74, 6) is -0.936. The van der Waals surface area contributed by atoms with E-state index in [-0.39, 0.29) is 11.0 Å². The molecule has 0 aliphatic heterocycles. The van der Waals surface area contributed by atoms with Gasteiger partial charge >= 0.3 is 5.97 Å². The van der Waals surface area contributed by atoms with Crippen molar-refractivity contribution in [2.24, 2.45) is 5.41 Å². The molecule has 0 heterocycles. The van der Waals surface area contributed by atoms with Crippen LogP contribution in [0, 0.1) is 5.41 Å². The highest BCUT2D eigenvalue weighted by Gasteiger charge is 2.16. The molecule has 0 saturated carbocycles. The molecule has 3 N–H and O–H groups in total. The number of carboxylic acids is 1. The second-order valence-electron chi connectivity index (χ2n) is 5.68. The molecule has 1 unspecified atom stereocenters. The molecule has 1 aromatic carbocycles. The molecule has 100 valence electrons. The molecule has 0 fully saturated rings. The van der Waals surface area contributed by atoms with Crippen molar-refractivity contribution in [3.05, 3.63) is 29.8 Å². The van der Waals surface area contributed by atoms with E-state index in [4.69, 9.17) is 5.11 Å². The summed E-state index contributed by atoms with van der Waals surface area (Å²) in [6, 6.07) is 6.49. The highest BCUT2D eigenvalue weighted by atomic mass is 16.4. The van der Waals surface area contributed by atoms with Crippen molar-refractivity contribution < 1.29 is 15.0 Å². The summed E-state index contributed by atoms with van der Waals surface area (Å²) in [4.78, 5) is 10.7. The molecule has 0 aliphatic rings. The Balaban J connectivity index is 2.46. The fraction of sp³-hybridized carbons (Fsp3) is 0.500. The van der Waals surface area contributed by atoms with Crippen LogP contribution in [0.4, 0.5) is 5.69 Å². The van der Waals surface area contributed by atoms with E-state index in [2.05, 4.69) is 26.1 Å². The molecular formula is C14H21NO3. The molecule has 1 atom stereocenters. The van der Waals surface area contributed by atoms with Gasteiger partial charge in [-0.3, -0.25) is 0 Å². The van der Waals surface area contributed by atoms with Gasteiger partial charge in [0, 0.05) is 12.2 Å². The Morgan fingerprint density at radius 3 is 2.28 bits per heavy atom. The lowest BCUT2D eigenvalue weighted by atomic mass is 9.89. The Kier molecular flexibility index (Phi) is 4.73. The number of hydrogen-bond donors (Lipinski definition) is 3. The standard InChI is InChI=1S/C14H21NO3/c1-14(2,3)8-12(16)9-15-11-6-4-10(5-7-11)13(17)18/h4-7,12,15-16H,8-9H2,1-3H3,(H,17,18). The van der Waals surface area contributed by atoms with Crippen molar-refractivity contribution in [2.45, 2.75) is 33.3 Å². The Morgan fingerprint density at radius 2 is 1.83 bits per heavy atom. The van der Waals surface area contributed by atoms with Crippen LogP contribution in [0.25, 0.3) is 0 Å². The summed E-state index contributed by atoms with van der Waals surface area (Å²) in [6.07, 6.45) is 0.303. The largest absolute Gasteiger partial charge is 0.478 e. The molecule has 0 radical (unpaired) electrons. The zero-order valence-corrected chi connectivity index (χ0v) is 11.1. The number of rotatable bonds is 5. The number of aliphatic hydroxyl groups is 1. The van der Waals surface area contributed by atoms with E-state index in [1.54, 1.807) is 24.3 Å². The molecule has 1 rings (SSSR count). The van der Waals surface area contributed by atoms with Crippen LogP contribution in [0.1, 0.15) is 37.6 Å². The van der Waals surface area contributed by atoms with Gasteiger partial charge in [0.2, 0.25) is 0 Å². The molecule has 0 amide bonds. The van der Waals surface area contributed by atoms with E-state index in [1.165, 1.54) is 0 Å². The number of anilines is 1. The second kappa shape index (κ2) is 5.87. The van der Waals surface area contributed by atoms with Crippen LogP contribution in [0.3, 0.4) is 0 Å². The first-order valence-corrected chi connectivity index (χ1v) is 6.03. The lowest BCUT2D eigenvalue weighted by Gasteiger charge is -2.22. The molecule has 0 saturated heterocycles. The topological polar surface area (TPSA) is 69.6 Å². The van der Waals surface area contributed by atoms with E-state index >= 15 is 0 Å². The van der Waals surface area contributed by atoms with Crippen LogP contribution < -0.4 is 5.32 Å². The van der Waals surface area contributed by atoms with Crippen LogP contribution in [0.5, 0.6) is 0 Å². The van der Waals surface area contributed by atoms with Gasteiger partial charge in [0.15, 0.2) is 0 Å². The van der Waals surface area contributed by atoms with Crippen molar-refractivity contribution >= 4 is 11.7 Å². The molecule has 4 nitrogen and oxygen atoms in total. The minimum Gasteiger partial charge on any atom is -0.478 e. The maximum atomic E-state index is 10.7. The Labute approximate surface area is 108 Å². The van der Waals surface area contributed by atoms with Gasteiger partial charge in [0.05, 0.1) is 11.7 Å². The summed E-state index contributed by atoms with van der Waals surface area (Å²) in [6.45, 7) is 6.71. The summed E-state index contributed by atoms with van der Waals surface area (Å²) in [5.41, 5.74) is 1.16. The number of carbonyl (C=O) groups is 1. The van der Waals surface area contributed by atoms with Crippen LogP contribution in [-0.2, 0) is 0 Å². The zero-order chi connectivity index (χ0) is 13.8. The monoisotopic (exact) mass is 251 g/mol. The summed E-state index contributed by atoms with van der Waals surface area (Å²) < 4.78 is 0. The minimum atomic E-state index is -0.936. The van der Waals surface area contributed by atoms with Crippen LogP contribution in [0.15, 0.2) is 24.3 Å². The van der Waals surface area contributed by atoms with E-state index in [9.17, 15) is 9.90 Å². The van der Waals surface area contributed by atoms with Gasteiger partial charge in [-0.25, -0.2) is 4.79 Å². The first-order valence-electron chi connectivity index (χ1n) is 6.03. The van der Waals surface area contributed by atoms with Gasteiger partial charge in [-0.2, -0.15) is 0 Å². The quantitative estimate of drug-likeness (QED) is 0.752. The second-order valence-corrected chi connectivity index (χ2v) is 5.68. The SMILES string of the molecule is CC(C)(C)CC(O)CNc1ccc(C(=O)O)cc1. The highest BCUT2D eigenvalue weighted by molar-refractivity contribution is 5.87. The van der Waals surface area contributed by atoms with Crippen LogP contribution >= 0.6 is 0 Å². The number of carboxylic acid groups (broad SMARTS) is 1. The molecule has 0 bridgehead atoms. The number of hydrogen-bond acceptors (Lipinski definition) is 3. The molecular weight excluding hydrogens is 230 g/mol. The Hall–Kier alpha value is -1.55. The van der Waals surface area contributed by atoms with Crippen molar-refractivity contribution in [3.8, 4) is 0 Å². The van der Waals surface area contributed by atoms with Gasteiger partial charge < -0.3 is 15.5 Å². The molecule has 0 spiro atoms. The van der Waals surface area contributed by atoms with Crippen molar-refractivity contribution in [2.75, 3.05) is 11.9 Å². The van der Waals surface area contributed by atoms with Crippen LogP contribution in [0.2, 0.25) is 0 Å². The maximum absolute atomic E-state index is 10.7. The van der Waals surface area contributed by atoms with Crippen molar-refractivity contribution in [3.63, 3.8) is 0 Å². The predicted molar refractivity (Wildman–Crippen MR) is 72.0 cm³/mol. The van der Waals surface area contributed by atoms with E-state index in [0.717, 1.165) is 5.69 Å². The highest BCUT2D eigenvalue weighted by Crippen LogP contribution is 2.21. The summed E-state index contributed by atoms with van der Waals surface area (Å²) in [7, 11) is 0. The average Bonchev–Trinajstić information content (AvgIpc) is 2.24. The normalized spacial score (nSPS) is 13.1. The molecule has 18 heavy (non-hydrogen) atoms. The lowest BCUT2D eigenvalue weighted by molar-refractivity contribution is 0.0697. The lowest BCUT2D eigenvalue weighted by Crippen LogP contribution is -2.25. The Bertz CT molecular complexity index is 392. The number of aliphatic hydroxyl groups excluding tert-OH is 1. The maximum Gasteiger partial charge on any atom is 0.335 e.